The molecule has 0 amide bonds. The second-order valence-electron chi connectivity index (χ2n) is 6.80. The van der Waals surface area contributed by atoms with Crippen molar-refractivity contribution in [3.63, 3.8) is 0 Å². The summed E-state index contributed by atoms with van der Waals surface area (Å²) in [6, 6.07) is 0. The molecule has 0 aromatic rings. The first kappa shape index (κ1) is 24.3. The van der Waals surface area contributed by atoms with Crippen molar-refractivity contribution >= 4 is 16.1 Å². The van der Waals surface area contributed by atoms with Crippen LogP contribution in [0.1, 0.15) is 103 Å². The van der Waals surface area contributed by atoms with Gasteiger partial charge in [0.1, 0.15) is 0 Å². The molecule has 0 bridgehead atoms. The Hall–Kier alpha value is -0.660. The van der Waals surface area contributed by atoms with E-state index >= 15 is 0 Å². The first-order valence-electron chi connectivity index (χ1n) is 9.75. The molecule has 0 radical (unpaired) electrons. The van der Waals surface area contributed by atoms with Crippen molar-refractivity contribution in [1.82, 2.24) is 0 Å². The number of unbranched alkanes of at least 4 members (excludes halogenated alkanes) is 13. The van der Waals surface area contributed by atoms with E-state index in [0.29, 0.717) is 6.42 Å². The van der Waals surface area contributed by atoms with Crippen LogP contribution in [0.4, 0.5) is 0 Å². The fourth-order valence-electron chi connectivity index (χ4n) is 2.97. The molecule has 0 fully saturated rings. The van der Waals surface area contributed by atoms with Gasteiger partial charge in [-0.1, -0.05) is 96.8 Å². The molecule has 0 rings (SSSR count). The van der Waals surface area contributed by atoms with Gasteiger partial charge in [0, 0.05) is 0 Å². The normalized spacial score (nSPS) is 12.9. The van der Waals surface area contributed by atoms with E-state index in [2.05, 4.69) is 11.8 Å². The Bertz CT molecular complexity index is 421. The minimum atomic E-state index is -4.53. The molecular weight excluding hydrogens is 344 g/mol. The lowest BCUT2D eigenvalue weighted by atomic mass is 10.0. The van der Waals surface area contributed by atoms with E-state index in [1.165, 1.54) is 64.2 Å². The molecule has 0 spiro atoms. The second-order valence-corrected chi connectivity index (χ2v) is 8.40. The van der Waals surface area contributed by atoms with Gasteiger partial charge in [-0.05, 0) is 6.42 Å². The van der Waals surface area contributed by atoms with E-state index in [1.807, 2.05) is 0 Å². The molecular formula is C18H36O6S. The Kier molecular flexibility index (Phi) is 15.2. The molecule has 150 valence electrons. The lowest BCUT2D eigenvalue weighted by Crippen LogP contribution is -2.31. The summed E-state index contributed by atoms with van der Waals surface area (Å²) in [7, 11) is -4.53. The van der Waals surface area contributed by atoms with Gasteiger partial charge in [0.05, 0.1) is 0 Å². The molecule has 2 N–H and O–H groups in total. The second kappa shape index (κ2) is 15.6. The van der Waals surface area contributed by atoms with Crippen LogP contribution in [0.2, 0.25) is 0 Å². The molecule has 0 aromatic heterocycles. The van der Waals surface area contributed by atoms with E-state index in [1.54, 1.807) is 0 Å². The topological polar surface area (TPSA) is 101 Å². The van der Waals surface area contributed by atoms with Crippen molar-refractivity contribution in [2.45, 2.75) is 108 Å². The van der Waals surface area contributed by atoms with Crippen molar-refractivity contribution < 1.29 is 27.9 Å². The predicted molar refractivity (Wildman–Crippen MR) is 99.0 cm³/mol. The van der Waals surface area contributed by atoms with Crippen LogP contribution in [0.5, 0.6) is 0 Å². The fourth-order valence-corrected chi connectivity index (χ4v) is 3.72. The SMILES string of the molecule is CCCCCCCCCCCCCCCCC(C(=O)OO)S(=O)(=O)O. The maximum absolute atomic E-state index is 11.1. The number of rotatable bonds is 17. The van der Waals surface area contributed by atoms with Crippen molar-refractivity contribution in [3.05, 3.63) is 0 Å². The first-order valence-corrected chi connectivity index (χ1v) is 11.2. The Balaban J connectivity index is 3.47. The number of carbonyl (C=O) groups excluding carboxylic acids is 1. The summed E-state index contributed by atoms with van der Waals surface area (Å²) in [6.45, 7) is 2.23. The van der Waals surface area contributed by atoms with Crippen LogP contribution in [0.25, 0.3) is 0 Å². The van der Waals surface area contributed by atoms with Gasteiger partial charge in [0.15, 0.2) is 5.25 Å². The van der Waals surface area contributed by atoms with Crippen LogP contribution < -0.4 is 0 Å². The number of hydrogen-bond acceptors (Lipinski definition) is 5. The van der Waals surface area contributed by atoms with Crippen LogP contribution >= 0.6 is 0 Å². The Morgan fingerprint density at radius 2 is 1.16 bits per heavy atom. The van der Waals surface area contributed by atoms with Crippen molar-refractivity contribution in [2.24, 2.45) is 0 Å². The minimum absolute atomic E-state index is 0.0315. The van der Waals surface area contributed by atoms with Gasteiger partial charge in [0.2, 0.25) is 0 Å². The van der Waals surface area contributed by atoms with Crippen LogP contribution in [0, 0.1) is 0 Å². The highest BCUT2D eigenvalue weighted by atomic mass is 32.2. The molecule has 0 aliphatic carbocycles. The molecule has 25 heavy (non-hydrogen) atoms. The third kappa shape index (κ3) is 14.2. The van der Waals surface area contributed by atoms with Crippen LogP contribution in [-0.4, -0.2) is 29.4 Å². The monoisotopic (exact) mass is 380 g/mol. The molecule has 0 saturated heterocycles. The zero-order valence-corrected chi connectivity index (χ0v) is 16.4. The summed E-state index contributed by atoms with van der Waals surface area (Å²) < 4.78 is 31.0. The van der Waals surface area contributed by atoms with Crippen molar-refractivity contribution in [3.8, 4) is 0 Å². The molecule has 6 nitrogen and oxygen atoms in total. The van der Waals surface area contributed by atoms with Crippen molar-refractivity contribution in [1.29, 1.82) is 0 Å². The highest BCUT2D eigenvalue weighted by Crippen LogP contribution is 2.15. The van der Waals surface area contributed by atoms with E-state index in [-0.39, 0.29) is 6.42 Å². The standard InChI is InChI=1S/C18H36O6S/c1-2-3-4-5-6-7-8-9-10-11-12-13-14-15-16-17(18(19)24-20)25(21,22)23/h17,20H,2-16H2,1H3,(H,21,22,23). The average Bonchev–Trinajstić information content (AvgIpc) is 2.56. The van der Waals surface area contributed by atoms with E-state index in [4.69, 9.17) is 9.81 Å². The fraction of sp³-hybridized carbons (Fsp3) is 0.944. The lowest BCUT2D eigenvalue weighted by Gasteiger charge is -2.09. The molecule has 0 heterocycles. The molecule has 0 saturated carbocycles. The smallest absolute Gasteiger partial charge is 0.299 e. The third-order valence-corrected chi connectivity index (χ3v) is 5.68. The van der Waals surface area contributed by atoms with Crippen LogP contribution in [-0.2, 0) is 19.8 Å². The Labute approximate surface area is 153 Å². The summed E-state index contributed by atoms with van der Waals surface area (Å²) >= 11 is 0. The molecule has 0 aliphatic rings. The maximum atomic E-state index is 11.1. The van der Waals surface area contributed by atoms with Gasteiger partial charge >= 0.3 is 5.97 Å². The zero-order chi connectivity index (χ0) is 19.0. The van der Waals surface area contributed by atoms with Gasteiger partial charge in [0.25, 0.3) is 10.1 Å². The van der Waals surface area contributed by atoms with Crippen LogP contribution in [0.3, 0.4) is 0 Å². The van der Waals surface area contributed by atoms with Gasteiger partial charge in [-0.3, -0.25) is 9.44 Å². The lowest BCUT2D eigenvalue weighted by molar-refractivity contribution is -0.234. The molecule has 1 atom stereocenters. The van der Waals surface area contributed by atoms with E-state index in [9.17, 15) is 13.2 Å². The summed E-state index contributed by atoms with van der Waals surface area (Å²) in [5.74, 6) is -1.32. The quantitative estimate of drug-likeness (QED) is 0.157. The largest absolute Gasteiger partial charge is 0.362 e. The van der Waals surface area contributed by atoms with Gasteiger partial charge in [-0.2, -0.15) is 13.7 Å². The zero-order valence-electron chi connectivity index (χ0n) is 15.6. The number of carbonyl (C=O) groups is 1. The minimum Gasteiger partial charge on any atom is -0.299 e. The number of hydrogen-bond donors (Lipinski definition) is 2. The maximum Gasteiger partial charge on any atom is 0.362 e. The van der Waals surface area contributed by atoms with Crippen molar-refractivity contribution in [2.75, 3.05) is 0 Å². The van der Waals surface area contributed by atoms with E-state index < -0.39 is 21.3 Å². The summed E-state index contributed by atoms with van der Waals surface area (Å²) in [4.78, 5) is 14.5. The summed E-state index contributed by atoms with van der Waals surface area (Å²) in [5.41, 5.74) is 0. The van der Waals surface area contributed by atoms with Gasteiger partial charge < -0.3 is 0 Å². The predicted octanol–water partition coefficient (Wildman–Crippen LogP) is 5.13. The molecule has 7 heteroatoms. The Morgan fingerprint density at radius 3 is 1.48 bits per heavy atom. The third-order valence-electron chi connectivity index (χ3n) is 4.53. The molecule has 1 unspecified atom stereocenters. The first-order chi connectivity index (χ1) is 11.9. The van der Waals surface area contributed by atoms with Gasteiger partial charge in [-0.25, -0.2) is 4.79 Å². The van der Waals surface area contributed by atoms with Crippen LogP contribution in [0.15, 0.2) is 0 Å². The summed E-state index contributed by atoms with van der Waals surface area (Å²) in [6.07, 6.45) is 16.4. The highest BCUT2D eigenvalue weighted by molar-refractivity contribution is 7.87. The summed E-state index contributed by atoms with van der Waals surface area (Å²) in [5, 5.41) is 6.57. The van der Waals surface area contributed by atoms with Gasteiger partial charge in [-0.15, -0.1) is 0 Å². The van der Waals surface area contributed by atoms with E-state index in [0.717, 1.165) is 19.3 Å². The Morgan fingerprint density at radius 1 is 0.800 bits per heavy atom. The molecule has 0 aliphatic heterocycles. The molecule has 0 aromatic carbocycles. The highest BCUT2D eigenvalue weighted by Gasteiger charge is 2.32. The average molecular weight is 381 g/mol.